The maximum atomic E-state index is 12.3. The van der Waals surface area contributed by atoms with Gasteiger partial charge < -0.3 is 5.32 Å². The molecule has 0 aliphatic rings. The van der Waals surface area contributed by atoms with Gasteiger partial charge in [-0.3, -0.25) is 14.9 Å². The van der Waals surface area contributed by atoms with Gasteiger partial charge >= 0.3 is 0 Å². The van der Waals surface area contributed by atoms with Crippen LogP contribution in [0.5, 0.6) is 0 Å². The summed E-state index contributed by atoms with van der Waals surface area (Å²) in [4.78, 5) is 16.6. The minimum atomic E-state index is -0.109. The van der Waals surface area contributed by atoms with Gasteiger partial charge in [-0.05, 0) is 46.8 Å². The van der Waals surface area contributed by atoms with E-state index < -0.39 is 0 Å². The van der Waals surface area contributed by atoms with E-state index in [4.69, 9.17) is 0 Å². The molecule has 1 amide bonds. The topological polar surface area (TPSA) is 70.7 Å². The van der Waals surface area contributed by atoms with E-state index in [1.54, 1.807) is 0 Å². The first kappa shape index (κ1) is 14.2. The van der Waals surface area contributed by atoms with E-state index in [-0.39, 0.29) is 11.9 Å². The van der Waals surface area contributed by atoms with Crippen molar-refractivity contribution in [1.29, 1.82) is 0 Å². The first-order valence-corrected chi connectivity index (χ1v) is 6.66. The highest BCUT2D eigenvalue weighted by Gasteiger charge is 2.18. The summed E-state index contributed by atoms with van der Waals surface area (Å²) in [6.07, 6.45) is 0. The maximum absolute atomic E-state index is 12.3. The molecule has 0 aliphatic carbocycles. The van der Waals surface area contributed by atoms with Crippen LogP contribution in [0.4, 0.5) is 0 Å². The lowest BCUT2D eigenvalue weighted by Crippen LogP contribution is -2.28. The summed E-state index contributed by atoms with van der Waals surface area (Å²) >= 11 is 0. The Morgan fingerprint density at radius 3 is 2.45 bits per heavy atom. The lowest BCUT2D eigenvalue weighted by Gasteiger charge is -2.15. The Kier molecular flexibility index (Phi) is 3.88. The molecule has 5 nitrogen and oxygen atoms in total. The molecule has 5 heteroatoms. The number of aromatic amines is 1. The molecule has 0 aromatic carbocycles. The molecular weight excluding hydrogens is 252 g/mol. The summed E-state index contributed by atoms with van der Waals surface area (Å²) in [7, 11) is 0. The summed E-state index contributed by atoms with van der Waals surface area (Å²) in [6.45, 7) is 9.60. The van der Waals surface area contributed by atoms with E-state index >= 15 is 0 Å². The Bertz CT molecular complexity index is 626. The third kappa shape index (κ3) is 2.71. The molecule has 2 N–H and O–H groups in total. The summed E-state index contributed by atoms with van der Waals surface area (Å²) in [6, 6.07) is 3.57. The van der Waals surface area contributed by atoms with Crippen molar-refractivity contribution < 1.29 is 4.79 Å². The van der Waals surface area contributed by atoms with Crippen LogP contribution in [-0.2, 0) is 0 Å². The highest BCUT2D eigenvalue weighted by molar-refractivity contribution is 5.95. The third-order valence-electron chi connectivity index (χ3n) is 3.44. The number of rotatable bonds is 3. The van der Waals surface area contributed by atoms with Crippen molar-refractivity contribution in [1.82, 2.24) is 20.5 Å². The minimum absolute atomic E-state index is 0.0954. The number of nitrogens with one attached hydrogen (secondary N) is 2. The van der Waals surface area contributed by atoms with Gasteiger partial charge in [0.15, 0.2) is 0 Å². The van der Waals surface area contributed by atoms with Gasteiger partial charge in [0.2, 0.25) is 0 Å². The van der Waals surface area contributed by atoms with Gasteiger partial charge in [0.1, 0.15) is 0 Å². The molecule has 0 saturated heterocycles. The van der Waals surface area contributed by atoms with Crippen LogP contribution in [-0.4, -0.2) is 21.1 Å². The van der Waals surface area contributed by atoms with Crippen LogP contribution in [0.2, 0.25) is 0 Å². The first-order valence-electron chi connectivity index (χ1n) is 6.66. The second-order valence-corrected chi connectivity index (χ2v) is 5.13. The number of nitrogens with zero attached hydrogens (tertiary/aromatic N) is 2. The number of carbonyl (C=O) groups excluding carboxylic acids is 1. The Morgan fingerprint density at radius 2 is 1.90 bits per heavy atom. The van der Waals surface area contributed by atoms with Crippen molar-refractivity contribution in [3.05, 3.63) is 46.0 Å². The number of carbonyl (C=O) groups is 1. The lowest BCUT2D eigenvalue weighted by atomic mass is 10.1. The number of aryl methyl sites for hydroxylation is 4. The first-order chi connectivity index (χ1) is 9.40. The number of hydrogen-bond acceptors (Lipinski definition) is 3. The molecule has 1 unspecified atom stereocenters. The van der Waals surface area contributed by atoms with E-state index in [2.05, 4.69) is 20.5 Å². The molecule has 2 rings (SSSR count). The minimum Gasteiger partial charge on any atom is -0.345 e. The van der Waals surface area contributed by atoms with E-state index in [0.29, 0.717) is 5.56 Å². The van der Waals surface area contributed by atoms with Gasteiger partial charge in [0, 0.05) is 17.0 Å². The molecular formula is C15H20N4O. The standard InChI is InChI=1S/C15H20N4O/c1-8-6-7-13(9(2)16-8)15(20)17-10(3)14-11(4)18-19-12(14)5/h6-7,10H,1-5H3,(H,17,20)(H,18,19). The summed E-state index contributed by atoms with van der Waals surface area (Å²) < 4.78 is 0. The number of amides is 1. The lowest BCUT2D eigenvalue weighted by molar-refractivity contribution is 0.0938. The smallest absolute Gasteiger partial charge is 0.253 e. The van der Waals surface area contributed by atoms with E-state index in [1.807, 2.05) is 46.8 Å². The molecule has 0 fully saturated rings. The second kappa shape index (κ2) is 5.45. The molecule has 1 atom stereocenters. The zero-order valence-electron chi connectivity index (χ0n) is 12.5. The molecule has 0 radical (unpaired) electrons. The number of aromatic nitrogens is 3. The monoisotopic (exact) mass is 272 g/mol. The van der Waals surface area contributed by atoms with Gasteiger partial charge in [-0.1, -0.05) is 0 Å². The van der Waals surface area contributed by atoms with E-state index in [9.17, 15) is 4.79 Å². The summed E-state index contributed by atoms with van der Waals surface area (Å²) in [5, 5.41) is 10.1. The summed E-state index contributed by atoms with van der Waals surface area (Å²) in [5.41, 5.74) is 5.20. The molecule has 20 heavy (non-hydrogen) atoms. The van der Waals surface area contributed by atoms with Crippen LogP contribution in [0.1, 0.15) is 51.7 Å². The number of hydrogen-bond donors (Lipinski definition) is 2. The molecule has 2 aromatic heterocycles. The van der Waals surface area contributed by atoms with Crippen LogP contribution in [0, 0.1) is 27.7 Å². The Balaban J connectivity index is 2.19. The fraction of sp³-hybridized carbons (Fsp3) is 0.400. The van der Waals surface area contributed by atoms with Crippen LogP contribution in [0.3, 0.4) is 0 Å². The van der Waals surface area contributed by atoms with Crippen LogP contribution >= 0.6 is 0 Å². The largest absolute Gasteiger partial charge is 0.345 e. The zero-order chi connectivity index (χ0) is 14.9. The highest BCUT2D eigenvalue weighted by Crippen LogP contribution is 2.19. The van der Waals surface area contributed by atoms with Gasteiger partial charge in [-0.15, -0.1) is 0 Å². The van der Waals surface area contributed by atoms with Crippen molar-refractivity contribution in [2.45, 2.75) is 40.7 Å². The van der Waals surface area contributed by atoms with Crippen molar-refractivity contribution in [3.63, 3.8) is 0 Å². The fourth-order valence-corrected chi connectivity index (χ4v) is 2.47. The second-order valence-electron chi connectivity index (χ2n) is 5.13. The molecule has 106 valence electrons. The molecule has 0 saturated carbocycles. The maximum Gasteiger partial charge on any atom is 0.253 e. The van der Waals surface area contributed by atoms with Crippen LogP contribution in [0.25, 0.3) is 0 Å². The Hall–Kier alpha value is -2.17. The average Bonchev–Trinajstić information content (AvgIpc) is 2.68. The molecule has 2 heterocycles. The van der Waals surface area contributed by atoms with Crippen molar-refractivity contribution in [2.75, 3.05) is 0 Å². The zero-order valence-corrected chi connectivity index (χ0v) is 12.5. The van der Waals surface area contributed by atoms with E-state index in [1.165, 1.54) is 0 Å². The van der Waals surface area contributed by atoms with Crippen molar-refractivity contribution >= 4 is 5.91 Å². The van der Waals surface area contributed by atoms with Crippen molar-refractivity contribution in [3.8, 4) is 0 Å². The summed E-state index contributed by atoms with van der Waals surface area (Å²) in [5.74, 6) is -0.109. The van der Waals surface area contributed by atoms with Gasteiger partial charge in [-0.2, -0.15) is 5.10 Å². The van der Waals surface area contributed by atoms with Crippen LogP contribution in [0.15, 0.2) is 12.1 Å². The third-order valence-corrected chi connectivity index (χ3v) is 3.44. The Morgan fingerprint density at radius 1 is 1.20 bits per heavy atom. The van der Waals surface area contributed by atoms with Gasteiger partial charge in [0.05, 0.1) is 23.0 Å². The fourth-order valence-electron chi connectivity index (χ4n) is 2.47. The SMILES string of the molecule is Cc1ccc(C(=O)NC(C)c2c(C)n[nH]c2C)c(C)n1. The predicted molar refractivity (Wildman–Crippen MR) is 77.7 cm³/mol. The number of H-pyrrole nitrogens is 1. The molecule has 0 spiro atoms. The van der Waals surface area contributed by atoms with Crippen molar-refractivity contribution in [2.24, 2.45) is 0 Å². The van der Waals surface area contributed by atoms with E-state index in [0.717, 1.165) is 28.3 Å². The normalized spacial score (nSPS) is 12.2. The Labute approximate surface area is 118 Å². The highest BCUT2D eigenvalue weighted by atomic mass is 16.1. The van der Waals surface area contributed by atoms with Crippen LogP contribution < -0.4 is 5.32 Å². The number of pyridine rings is 1. The average molecular weight is 272 g/mol. The molecule has 2 aromatic rings. The molecule has 0 bridgehead atoms. The predicted octanol–water partition coefficient (Wildman–Crippen LogP) is 2.53. The van der Waals surface area contributed by atoms with Gasteiger partial charge in [0.25, 0.3) is 5.91 Å². The molecule has 0 aliphatic heterocycles. The quantitative estimate of drug-likeness (QED) is 0.902. The van der Waals surface area contributed by atoms with Gasteiger partial charge in [-0.25, -0.2) is 0 Å².